The lowest BCUT2D eigenvalue weighted by molar-refractivity contribution is -0.185. The molecule has 2 atom stereocenters. The van der Waals surface area contributed by atoms with Crippen molar-refractivity contribution < 1.29 is 18.0 Å². The van der Waals surface area contributed by atoms with Gasteiger partial charge in [-0.2, -0.15) is 13.2 Å². The number of nitrogens with two attached hydrogens (primary N) is 1. The maximum Gasteiger partial charge on any atom is 0.405 e. The van der Waals surface area contributed by atoms with Crippen LogP contribution >= 0.6 is 0 Å². The van der Waals surface area contributed by atoms with E-state index in [9.17, 15) is 18.0 Å². The van der Waals surface area contributed by atoms with Crippen LogP contribution in [0.2, 0.25) is 0 Å². The highest BCUT2D eigenvalue weighted by Crippen LogP contribution is 2.26. The molecule has 0 spiro atoms. The van der Waals surface area contributed by atoms with Crippen LogP contribution in [0.15, 0.2) is 0 Å². The Morgan fingerprint density at radius 3 is 2.76 bits per heavy atom. The van der Waals surface area contributed by atoms with Gasteiger partial charge in [-0.3, -0.25) is 4.90 Å². The molecule has 8 heteroatoms. The molecule has 2 fully saturated rings. The Balaban J connectivity index is 2.03. The Labute approximate surface area is 96.7 Å². The van der Waals surface area contributed by atoms with E-state index in [4.69, 9.17) is 5.73 Å². The maximum atomic E-state index is 12.7. The third kappa shape index (κ3) is 2.32. The Morgan fingerprint density at radius 2 is 2.18 bits per heavy atom. The van der Waals surface area contributed by atoms with Crippen LogP contribution in [-0.2, 0) is 0 Å². The number of hydrogen-bond donors (Lipinski definition) is 2. The fourth-order valence-electron chi connectivity index (χ4n) is 2.40. The van der Waals surface area contributed by atoms with Gasteiger partial charge in [0.2, 0.25) is 0 Å². The fourth-order valence-corrected chi connectivity index (χ4v) is 2.40. The van der Waals surface area contributed by atoms with Crippen molar-refractivity contribution in [2.75, 3.05) is 32.7 Å². The Bertz CT molecular complexity index is 309. The van der Waals surface area contributed by atoms with E-state index < -0.39 is 18.8 Å². The van der Waals surface area contributed by atoms with Gasteiger partial charge in [0, 0.05) is 32.7 Å². The van der Waals surface area contributed by atoms with E-state index >= 15 is 0 Å². The molecule has 0 bridgehead atoms. The standard InChI is InChI=1S/C9H15F3N4O/c10-9(11,12)7(3-13)15-1-2-16-6(5-15)4-14-8(16)17/h6-7H,1-5,13H2,(H,14,17). The van der Waals surface area contributed by atoms with E-state index in [0.29, 0.717) is 13.1 Å². The quantitative estimate of drug-likeness (QED) is 0.702. The summed E-state index contributed by atoms with van der Waals surface area (Å²) in [5, 5.41) is 2.63. The predicted molar refractivity (Wildman–Crippen MR) is 54.4 cm³/mol. The second-order valence-corrected chi connectivity index (χ2v) is 4.32. The molecule has 2 heterocycles. The second-order valence-electron chi connectivity index (χ2n) is 4.32. The van der Waals surface area contributed by atoms with Gasteiger partial charge in [0.1, 0.15) is 6.04 Å². The smallest absolute Gasteiger partial charge is 0.336 e. The van der Waals surface area contributed by atoms with Crippen molar-refractivity contribution >= 4 is 6.03 Å². The number of carbonyl (C=O) groups excluding carboxylic acids is 1. The van der Waals surface area contributed by atoms with Gasteiger partial charge in [-0.05, 0) is 0 Å². The average Bonchev–Trinajstić information content (AvgIpc) is 2.59. The van der Waals surface area contributed by atoms with Crippen LogP contribution in [0.5, 0.6) is 0 Å². The number of nitrogens with zero attached hydrogens (tertiary/aromatic N) is 2. The molecule has 0 aromatic heterocycles. The molecule has 17 heavy (non-hydrogen) atoms. The van der Waals surface area contributed by atoms with Crippen LogP contribution in [0.4, 0.5) is 18.0 Å². The van der Waals surface area contributed by atoms with Crippen molar-refractivity contribution in [1.29, 1.82) is 0 Å². The van der Waals surface area contributed by atoms with Gasteiger partial charge in [-0.25, -0.2) is 4.79 Å². The SMILES string of the molecule is NCC(N1CCN2C(=O)NCC2C1)C(F)(F)F. The number of carbonyl (C=O) groups is 1. The summed E-state index contributed by atoms with van der Waals surface area (Å²) in [5.74, 6) is 0. The van der Waals surface area contributed by atoms with Crippen molar-refractivity contribution in [3.8, 4) is 0 Å². The van der Waals surface area contributed by atoms with Gasteiger partial charge in [0.25, 0.3) is 0 Å². The minimum absolute atomic E-state index is 0.173. The van der Waals surface area contributed by atoms with Crippen LogP contribution < -0.4 is 11.1 Å². The Kier molecular flexibility index (Phi) is 3.17. The molecule has 5 nitrogen and oxygen atoms in total. The maximum absolute atomic E-state index is 12.7. The summed E-state index contributed by atoms with van der Waals surface area (Å²) in [7, 11) is 0. The topological polar surface area (TPSA) is 61.6 Å². The Morgan fingerprint density at radius 1 is 1.47 bits per heavy atom. The predicted octanol–water partition coefficient (Wildman–Crippen LogP) is -0.415. The van der Waals surface area contributed by atoms with Gasteiger partial charge < -0.3 is 16.0 Å². The molecular formula is C9H15F3N4O. The summed E-state index contributed by atoms with van der Waals surface area (Å²) in [6.07, 6.45) is -4.31. The van der Waals surface area contributed by atoms with Gasteiger partial charge in [-0.1, -0.05) is 0 Å². The summed E-state index contributed by atoms with van der Waals surface area (Å²) in [5.41, 5.74) is 5.20. The third-order valence-electron chi connectivity index (χ3n) is 3.31. The second kappa shape index (κ2) is 4.34. The first-order valence-electron chi connectivity index (χ1n) is 5.48. The molecule has 0 radical (unpaired) electrons. The molecule has 0 aromatic carbocycles. The normalized spacial score (nSPS) is 27.9. The number of nitrogens with one attached hydrogen (secondary N) is 1. The molecule has 2 aliphatic rings. The molecule has 0 aromatic rings. The molecule has 2 saturated heterocycles. The summed E-state index contributed by atoms with van der Waals surface area (Å²) in [4.78, 5) is 14.2. The number of urea groups is 1. The number of piperazine rings is 1. The van der Waals surface area contributed by atoms with E-state index in [0.717, 1.165) is 0 Å². The lowest BCUT2D eigenvalue weighted by Gasteiger charge is -2.40. The Hall–Kier alpha value is -1.02. The molecule has 0 saturated carbocycles. The molecule has 2 rings (SSSR count). The first kappa shape index (κ1) is 12.4. The van der Waals surface area contributed by atoms with Gasteiger partial charge in [0.15, 0.2) is 0 Å². The van der Waals surface area contributed by atoms with Crippen molar-refractivity contribution in [2.24, 2.45) is 5.73 Å². The van der Waals surface area contributed by atoms with E-state index in [1.54, 1.807) is 4.90 Å². The van der Waals surface area contributed by atoms with Gasteiger partial charge >= 0.3 is 12.2 Å². The monoisotopic (exact) mass is 252 g/mol. The summed E-state index contributed by atoms with van der Waals surface area (Å²) in [6, 6.07) is -1.97. The largest absolute Gasteiger partial charge is 0.405 e. The van der Waals surface area contributed by atoms with Crippen LogP contribution in [0.25, 0.3) is 0 Å². The molecule has 2 amide bonds. The molecule has 2 aliphatic heterocycles. The zero-order valence-electron chi connectivity index (χ0n) is 9.20. The summed E-state index contributed by atoms with van der Waals surface area (Å²) >= 11 is 0. The average molecular weight is 252 g/mol. The number of amides is 2. The number of fused-ring (bicyclic) bond motifs is 1. The zero-order chi connectivity index (χ0) is 12.6. The minimum Gasteiger partial charge on any atom is -0.336 e. The summed E-state index contributed by atoms with van der Waals surface area (Å²) in [6.45, 7) is 0.719. The van der Waals surface area contributed by atoms with E-state index in [-0.39, 0.29) is 25.2 Å². The van der Waals surface area contributed by atoms with E-state index in [1.165, 1.54) is 4.90 Å². The lowest BCUT2D eigenvalue weighted by atomic mass is 10.1. The van der Waals surface area contributed by atoms with E-state index in [1.807, 2.05) is 0 Å². The van der Waals surface area contributed by atoms with Crippen molar-refractivity contribution in [3.05, 3.63) is 0 Å². The van der Waals surface area contributed by atoms with Crippen LogP contribution in [0.1, 0.15) is 0 Å². The number of alkyl halides is 3. The van der Waals surface area contributed by atoms with Crippen LogP contribution in [0, 0.1) is 0 Å². The van der Waals surface area contributed by atoms with Crippen molar-refractivity contribution in [3.63, 3.8) is 0 Å². The first-order valence-corrected chi connectivity index (χ1v) is 5.48. The highest BCUT2D eigenvalue weighted by molar-refractivity contribution is 5.77. The molecule has 3 N–H and O–H groups in total. The highest BCUT2D eigenvalue weighted by atomic mass is 19.4. The highest BCUT2D eigenvalue weighted by Gasteiger charge is 2.46. The lowest BCUT2D eigenvalue weighted by Crippen LogP contribution is -2.60. The van der Waals surface area contributed by atoms with Gasteiger partial charge in [0.05, 0.1) is 6.04 Å². The fraction of sp³-hybridized carbons (Fsp3) is 0.889. The number of hydrogen-bond acceptors (Lipinski definition) is 3. The molecule has 2 unspecified atom stereocenters. The van der Waals surface area contributed by atoms with Crippen molar-refractivity contribution in [2.45, 2.75) is 18.3 Å². The van der Waals surface area contributed by atoms with E-state index in [2.05, 4.69) is 5.32 Å². The van der Waals surface area contributed by atoms with Gasteiger partial charge in [-0.15, -0.1) is 0 Å². The zero-order valence-corrected chi connectivity index (χ0v) is 9.20. The number of halogens is 3. The van der Waals surface area contributed by atoms with Crippen LogP contribution in [-0.4, -0.2) is 66.8 Å². The number of rotatable bonds is 2. The van der Waals surface area contributed by atoms with Crippen molar-refractivity contribution in [1.82, 2.24) is 15.1 Å². The molecule has 98 valence electrons. The third-order valence-corrected chi connectivity index (χ3v) is 3.31. The summed E-state index contributed by atoms with van der Waals surface area (Å²) < 4.78 is 38.1. The first-order chi connectivity index (χ1) is 7.93. The minimum atomic E-state index is -4.31. The van der Waals surface area contributed by atoms with Crippen LogP contribution in [0.3, 0.4) is 0 Å². The molecular weight excluding hydrogens is 237 g/mol. The molecule has 0 aliphatic carbocycles.